The van der Waals surface area contributed by atoms with E-state index < -0.39 is 0 Å². The molecule has 1 aliphatic rings. The molecule has 1 aromatic carbocycles. The Morgan fingerprint density at radius 3 is 2.71 bits per heavy atom. The van der Waals surface area contributed by atoms with Gasteiger partial charge in [-0.25, -0.2) is 4.99 Å². The molecule has 0 saturated carbocycles. The van der Waals surface area contributed by atoms with Crippen LogP contribution in [0.2, 0.25) is 5.02 Å². The van der Waals surface area contributed by atoms with Crippen molar-refractivity contribution >= 4 is 41.5 Å². The van der Waals surface area contributed by atoms with Gasteiger partial charge in [-0.3, -0.25) is 0 Å². The van der Waals surface area contributed by atoms with Crippen LogP contribution < -0.4 is 20.1 Å². The molecule has 154 valence electrons. The van der Waals surface area contributed by atoms with Crippen LogP contribution in [0.4, 0.5) is 0 Å². The Bertz CT molecular complexity index is 806. The average molecular weight is 521 g/mol. The Kier molecular flexibility index (Phi) is 8.68. The Morgan fingerprint density at radius 2 is 2.00 bits per heavy atom. The van der Waals surface area contributed by atoms with Crippen molar-refractivity contribution in [1.82, 2.24) is 15.8 Å². The molecule has 0 aliphatic carbocycles. The molecular formula is C19H26ClIN4O3. The van der Waals surface area contributed by atoms with Gasteiger partial charge in [-0.2, -0.15) is 0 Å². The monoisotopic (exact) mass is 520 g/mol. The highest BCUT2D eigenvalue weighted by atomic mass is 127. The first kappa shape index (κ1) is 22.6. The van der Waals surface area contributed by atoms with Crippen LogP contribution in [0.15, 0.2) is 21.6 Å². The van der Waals surface area contributed by atoms with E-state index in [2.05, 4.69) is 20.8 Å². The van der Waals surface area contributed by atoms with Crippen molar-refractivity contribution in [2.45, 2.75) is 40.3 Å². The zero-order chi connectivity index (χ0) is 19.2. The quantitative estimate of drug-likeness (QED) is 0.353. The fraction of sp³-hybridized carbons (Fsp3) is 0.474. The largest absolute Gasteiger partial charge is 0.489 e. The van der Waals surface area contributed by atoms with Gasteiger partial charge in [0.1, 0.15) is 5.76 Å². The second-order valence-electron chi connectivity index (χ2n) is 6.31. The normalized spacial score (nSPS) is 13.5. The first-order chi connectivity index (χ1) is 13.1. The van der Waals surface area contributed by atoms with Crippen LogP contribution >= 0.6 is 35.6 Å². The van der Waals surface area contributed by atoms with Crippen molar-refractivity contribution in [3.63, 3.8) is 0 Å². The second kappa shape index (κ2) is 10.8. The molecule has 9 heteroatoms. The van der Waals surface area contributed by atoms with Crippen LogP contribution in [0.5, 0.6) is 11.5 Å². The summed E-state index contributed by atoms with van der Waals surface area (Å²) in [5, 5.41) is 11.1. The zero-order valence-electron chi connectivity index (χ0n) is 16.3. The lowest BCUT2D eigenvalue weighted by atomic mass is 10.2. The molecule has 2 heterocycles. The van der Waals surface area contributed by atoms with Gasteiger partial charge in [0.25, 0.3) is 0 Å². The van der Waals surface area contributed by atoms with Crippen LogP contribution in [0.1, 0.15) is 35.9 Å². The third kappa shape index (κ3) is 5.66. The molecule has 0 saturated heterocycles. The number of fused-ring (bicyclic) bond motifs is 1. The number of halogens is 2. The summed E-state index contributed by atoms with van der Waals surface area (Å²) >= 11 is 6.36. The maximum absolute atomic E-state index is 6.36. The summed E-state index contributed by atoms with van der Waals surface area (Å²) in [4.78, 5) is 4.64. The Morgan fingerprint density at radius 1 is 1.21 bits per heavy atom. The molecular weight excluding hydrogens is 495 g/mol. The lowest BCUT2D eigenvalue weighted by Crippen LogP contribution is -2.37. The first-order valence-corrected chi connectivity index (χ1v) is 9.48. The minimum atomic E-state index is 0. The van der Waals surface area contributed by atoms with E-state index in [0.717, 1.165) is 35.5 Å². The molecule has 2 aromatic rings. The van der Waals surface area contributed by atoms with Crippen LogP contribution in [0.3, 0.4) is 0 Å². The second-order valence-corrected chi connectivity index (χ2v) is 6.71. The number of hydrogen-bond donors (Lipinski definition) is 2. The highest BCUT2D eigenvalue weighted by Gasteiger charge is 2.15. The van der Waals surface area contributed by atoms with Gasteiger partial charge in [0.05, 0.1) is 30.5 Å². The van der Waals surface area contributed by atoms with Crippen LogP contribution in [0.25, 0.3) is 0 Å². The topological polar surface area (TPSA) is 80.9 Å². The van der Waals surface area contributed by atoms with Gasteiger partial charge in [0.15, 0.2) is 17.5 Å². The van der Waals surface area contributed by atoms with E-state index >= 15 is 0 Å². The van der Waals surface area contributed by atoms with Gasteiger partial charge < -0.3 is 24.6 Å². The summed E-state index contributed by atoms with van der Waals surface area (Å²) in [5.74, 6) is 2.82. The molecule has 1 aromatic heterocycles. The molecule has 0 spiro atoms. The maximum atomic E-state index is 6.36. The third-order valence-corrected chi connectivity index (χ3v) is 4.52. The van der Waals surface area contributed by atoms with Crippen molar-refractivity contribution in [2.75, 3.05) is 19.8 Å². The molecule has 3 rings (SSSR count). The number of nitrogens with one attached hydrogen (secondary N) is 2. The Hall–Kier alpha value is -1.68. The molecule has 0 unspecified atom stereocenters. The van der Waals surface area contributed by atoms with Gasteiger partial charge in [-0.15, -0.1) is 24.0 Å². The number of aryl methyl sites for hydroxylation is 2. The van der Waals surface area contributed by atoms with E-state index in [0.29, 0.717) is 48.8 Å². The molecule has 0 fully saturated rings. The molecule has 28 heavy (non-hydrogen) atoms. The predicted molar refractivity (Wildman–Crippen MR) is 120 cm³/mol. The van der Waals surface area contributed by atoms with Crippen LogP contribution in [-0.2, 0) is 13.1 Å². The smallest absolute Gasteiger partial charge is 0.191 e. The minimum absolute atomic E-state index is 0. The van der Waals surface area contributed by atoms with Crippen molar-refractivity contribution in [3.05, 3.63) is 39.7 Å². The van der Waals surface area contributed by atoms with Crippen molar-refractivity contribution < 1.29 is 14.0 Å². The number of rotatable bonds is 5. The first-order valence-electron chi connectivity index (χ1n) is 9.10. The summed E-state index contributed by atoms with van der Waals surface area (Å²) in [5.41, 5.74) is 2.88. The van der Waals surface area contributed by atoms with Gasteiger partial charge in [0, 0.05) is 25.1 Å². The lowest BCUT2D eigenvalue weighted by molar-refractivity contribution is 0.297. The van der Waals surface area contributed by atoms with E-state index in [1.165, 1.54) is 0 Å². The summed E-state index contributed by atoms with van der Waals surface area (Å²) in [6, 6.07) is 3.81. The number of aromatic nitrogens is 1. The van der Waals surface area contributed by atoms with E-state index in [1.807, 2.05) is 32.9 Å². The van der Waals surface area contributed by atoms with Crippen molar-refractivity contribution in [2.24, 2.45) is 4.99 Å². The summed E-state index contributed by atoms with van der Waals surface area (Å²) in [6.45, 7) is 8.91. The standard InChI is InChI=1S/C19H25ClN4O3.HI/c1-4-21-19(23-11-15-12(2)24-27-13(15)3)22-10-14-8-16(20)18-17(9-14)25-6-5-7-26-18;/h8-9H,4-7,10-11H2,1-3H3,(H2,21,22,23);1H. The fourth-order valence-electron chi connectivity index (χ4n) is 2.81. The zero-order valence-corrected chi connectivity index (χ0v) is 19.4. The van der Waals surface area contributed by atoms with Gasteiger partial charge >= 0.3 is 0 Å². The lowest BCUT2D eigenvalue weighted by Gasteiger charge is -2.13. The van der Waals surface area contributed by atoms with E-state index in [4.69, 9.17) is 25.6 Å². The number of ether oxygens (including phenoxy) is 2. The number of hydrogen-bond acceptors (Lipinski definition) is 5. The highest BCUT2D eigenvalue weighted by Crippen LogP contribution is 2.38. The Balaban J connectivity index is 0.00000280. The summed E-state index contributed by atoms with van der Waals surface area (Å²) < 4.78 is 16.6. The number of nitrogens with zero attached hydrogens (tertiary/aromatic N) is 2. The highest BCUT2D eigenvalue weighted by molar-refractivity contribution is 14.0. The van der Waals surface area contributed by atoms with Crippen LogP contribution in [-0.4, -0.2) is 30.9 Å². The number of aliphatic imine (C=N–C) groups is 1. The predicted octanol–water partition coefficient (Wildman–Crippen LogP) is 3.98. The number of benzene rings is 1. The van der Waals surface area contributed by atoms with E-state index in [9.17, 15) is 0 Å². The number of guanidine groups is 1. The molecule has 0 amide bonds. The molecule has 1 aliphatic heterocycles. The molecule has 0 atom stereocenters. The summed E-state index contributed by atoms with van der Waals surface area (Å²) in [6.07, 6.45) is 0.842. The van der Waals surface area contributed by atoms with Gasteiger partial charge in [0.2, 0.25) is 0 Å². The van der Waals surface area contributed by atoms with Crippen molar-refractivity contribution in [1.29, 1.82) is 0 Å². The Labute approximate surface area is 187 Å². The van der Waals surface area contributed by atoms with Crippen LogP contribution in [0, 0.1) is 13.8 Å². The fourth-order valence-corrected chi connectivity index (χ4v) is 3.10. The van der Waals surface area contributed by atoms with Crippen molar-refractivity contribution in [3.8, 4) is 11.5 Å². The third-order valence-electron chi connectivity index (χ3n) is 4.24. The van der Waals surface area contributed by atoms with E-state index in [-0.39, 0.29) is 24.0 Å². The van der Waals surface area contributed by atoms with E-state index in [1.54, 1.807) is 0 Å². The minimum Gasteiger partial charge on any atom is -0.489 e. The van der Waals surface area contributed by atoms with Gasteiger partial charge in [-0.05, 0) is 38.5 Å². The molecule has 0 radical (unpaired) electrons. The summed E-state index contributed by atoms with van der Waals surface area (Å²) in [7, 11) is 0. The average Bonchev–Trinajstić information content (AvgIpc) is 2.84. The SMILES string of the molecule is CCNC(=NCc1cc(Cl)c2c(c1)OCCCO2)NCc1c(C)noc1C.I. The molecule has 7 nitrogen and oxygen atoms in total. The van der Waals surface area contributed by atoms with Gasteiger partial charge in [-0.1, -0.05) is 16.8 Å². The maximum Gasteiger partial charge on any atom is 0.191 e. The molecule has 0 bridgehead atoms. The molecule has 2 N–H and O–H groups in total.